The summed E-state index contributed by atoms with van der Waals surface area (Å²) in [7, 11) is 1.26. The number of methoxy groups -OCH3 is 1. The molecule has 0 bridgehead atoms. The van der Waals surface area contributed by atoms with Crippen molar-refractivity contribution >= 4 is 17.8 Å². The first kappa shape index (κ1) is 11.1. The van der Waals surface area contributed by atoms with Gasteiger partial charge in [-0.2, -0.15) is 0 Å². The number of imide groups is 1. The van der Waals surface area contributed by atoms with E-state index < -0.39 is 23.7 Å². The van der Waals surface area contributed by atoms with Crippen LogP contribution < -0.4 is 5.73 Å². The summed E-state index contributed by atoms with van der Waals surface area (Å²) in [4.78, 5) is 35.9. The lowest BCUT2D eigenvalue weighted by Crippen LogP contribution is -2.42. The lowest BCUT2D eigenvalue weighted by Gasteiger charge is -2.19. The quantitative estimate of drug-likeness (QED) is 0.479. The highest BCUT2D eigenvalue weighted by molar-refractivity contribution is 6.13. The predicted octanol–water partition coefficient (Wildman–Crippen LogP) is -1.26. The van der Waals surface area contributed by atoms with Crippen molar-refractivity contribution < 1.29 is 19.1 Å². The SMILES string of the molecule is COC(=O)C1C2C(=O)N(CC(C)N)C(=O)C12. The number of hydrogen-bond acceptors (Lipinski definition) is 5. The summed E-state index contributed by atoms with van der Waals surface area (Å²) in [5.41, 5.74) is 5.54. The van der Waals surface area contributed by atoms with Crippen molar-refractivity contribution in [3.8, 4) is 0 Å². The summed E-state index contributed by atoms with van der Waals surface area (Å²) in [6, 6.07) is -0.248. The third-order valence-corrected chi connectivity index (χ3v) is 3.07. The Hall–Kier alpha value is -1.43. The average molecular weight is 226 g/mol. The number of likely N-dealkylation sites (tertiary alicyclic amines) is 1. The Morgan fingerprint density at radius 2 is 1.94 bits per heavy atom. The van der Waals surface area contributed by atoms with E-state index in [0.717, 1.165) is 4.90 Å². The second-order valence-corrected chi connectivity index (χ2v) is 4.36. The first-order valence-corrected chi connectivity index (χ1v) is 5.17. The van der Waals surface area contributed by atoms with Gasteiger partial charge in [-0.1, -0.05) is 0 Å². The Morgan fingerprint density at radius 3 is 2.31 bits per heavy atom. The summed E-state index contributed by atoms with van der Waals surface area (Å²) < 4.78 is 4.54. The normalized spacial score (nSPS) is 33.7. The van der Waals surface area contributed by atoms with E-state index >= 15 is 0 Å². The van der Waals surface area contributed by atoms with Crippen molar-refractivity contribution in [2.75, 3.05) is 13.7 Å². The van der Waals surface area contributed by atoms with E-state index in [-0.39, 0.29) is 24.4 Å². The van der Waals surface area contributed by atoms with Gasteiger partial charge in [-0.05, 0) is 6.92 Å². The van der Waals surface area contributed by atoms with Gasteiger partial charge >= 0.3 is 5.97 Å². The van der Waals surface area contributed by atoms with Gasteiger partial charge in [-0.25, -0.2) is 0 Å². The van der Waals surface area contributed by atoms with E-state index in [1.807, 2.05) is 0 Å². The fourth-order valence-electron chi connectivity index (χ4n) is 2.29. The third-order valence-electron chi connectivity index (χ3n) is 3.07. The number of nitrogens with zero attached hydrogens (tertiary/aromatic N) is 1. The predicted molar refractivity (Wildman–Crippen MR) is 52.9 cm³/mol. The van der Waals surface area contributed by atoms with Crippen LogP contribution in [0.2, 0.25) is 0 Å². The van der Waals surface area contributed by atoms with Crippen molar-refractivity contribution in [2.45, 2.75) is 13.0 Å². The van der Waals surface area contributed by atoms with Crippen LogP contribution >= 0.6 is 0 Å². The zero-order valence-corrected chi connectivity index (χ0v) is 9.17. The molecule has 2 aliphatic rings. The summed E-state index contributed by atoms with van der Waals surface area (Å²) >= 11 is 0. The second kappa shape index (κ2) is 3.55. The lowest BCUT2D eigenvalue weighted by molar-refractivity contribution is -0.150. The molecule has 0 aromatic heterocycles. The fraction of sp³-hybridized carbons (Fsp3) is 0.700. The highest BCUT2D eigenvalue weighted by Crippen LogP contribution is 2.53. The number of hydrogen-bond donors (Lipinski definition) is 1. The Morgan fingerprint density at radius 1 is 1.44 bits per heavy atom. The van der Waals surface area contributed by atoms with Crippen LogP contribution in [0.4, 0.5) is 0 Å². The lowest BCUT2D eigenvalue weighted by atomic mass is 10.2. The first-order valence-electron chi connectivity index (χ1n) is 5.17. The highest BCUT2D eigenvalue weighted by Gasteiger charge is 2.70. The zero-order valence-electron chi connectivity index (χ0n) is 9.17. The summed E-state index contributed by atoms with van der Waals surface area (Å²) in [5.74, 6) is -2.62. The molecule has 3 atom stereocenters. The average Bonchev–Trinajstić information content (AvgIpc) is 2.92. The largest absolute Gasteiger partial charge is 0.469 e. The number of ether oxygens (including phenoxy) is 1. The van der Waals surface area contributed by atoms with E-state index in [4.69, 9.17) is 5.73 Å². The van der Waals surface area contributed by atoms with E-state index in [1.54, 1.807) is 6.92 Å². The molecular weight excluding hydrogens is 212 g/mol. The molecule has 3 unspecified atom stereocenters. The fourth-order valence-corrected chi connectivity index (χ4v) is 2.29. The van der Waals surface area contributed by atoms with Crippen LogP contribution in [-0.2, 0) is 19.1 Å². The van der Waals surface area contributed by atoms with Gasteiger partial charge in [-0.15, -0.1) is 0 Å². The molecule has 6 nitrogen and oxygen atoms in total. The number of carbonyl (C=O) groups is 3. The van der Waals surface area contributed by atoms with E-state index in [1.165, 1.54) is 7.11 Å². The van der Waals surface area contributed by atoms with Gasteiger partial charge in [-0.3, -0.25) is 19.3 Å². The number of piperidine rings is 1. The van der Waals surface area contributed by atoms with Crippen LogP contribution in [0.25, 0.3) is 0 Å². The van der Waals surface area contributed by atoms with Crippen molar-refractivity contribution in [1.82, 2.24) is 4.90 Å². The van der Waals surface area contributed by atoms with E-state index in [9.17, 15) is 14.4 Å². The Balaban J connectivity index is 2.07. The van der Waals surface area contributed by atoms with Crippen LogP contribution in [0, 0.1) is 17.8 Å². The summed E-state index contributed by atoms with van der Waals surface area (Å²) in [5, 5.41) is 0. The smallest absolute Gasteiger partial charge is 0.310 e. The Kier molecular flexibility index (Phi) is 2.46. The number of fused-ring (bicyclic) bond motifs is 1. The number of rotatable bonds is 3. The third kappa shape index (κ3) is 1.41. The van der Waals surface area contributed by atoms with Crippen molar-refractivity contribution in [3.63, 3.8) is 0 Å². The van der Waals surface area contributed by atoms with Crippen LogP contribution in [0.1, 0.15) is 6.92 Å². The molecule has 88 valence electrons. The molecule has 16 heavy (non-hydrogen) atoms. The molecule has 0 aromatic rings. The molecule has 0 spiro atoms. The van der Waals surface area contributed by atoms with Crippen LogP contribution in [0.3, 0.4) is 0 Å². The van der Waals surface area contributed by atoms with Gasteiger partial charge in [0.2, 0.25) is 11.8 Å². The van der Waals surface area contributed by atoms with Gasteiger partial charge in [0.15, 0.2) is 0 Å². The molecular formula is C10H14N2O4. The minimum absolute atomic E-state index is 0.221. The van der Waals surface area contributed by atoms with Crippen LogP contribution in [-0.4, -0.2) is 42.4 Å². The summed E-state index contributed by atoms with van der Waals surface area (Å²) in [6.07, 6.45) is 0. The maximum absolute atomic E-state index is 11.8. The van der Waals surface area contributed by atoms with Crippen LogP contribution in [0.5, 0.6) is 0 Å². The van der Waals surface area contributed by atoms with Crippen molar-refractivity contribution in [2.24, 2.45) is 23.5 Å². The molecule has 1 aliphatic carbocycles. The maximum atomic E-state index is 11.8. The molecule has 2 amide bonds. The minimum Gasteiger partial charge on any atom is -0.469 e. The van der Waals surface area contributed by atoms with Gasteiger partial charge in [0.05, 0.1) is 24.9 Å². The Labute approximate surface area is 92.7 Å². The van der Waals surface area contributed by atoms with Crippen molar-refractivity contribution in [1.29, 1.82) is 0 Å². The summed E-state index contributed by atoms with van der Waals surface area (Å²) in [6.45, 7) is 1.95. The molecule has 0 radical (unpaired) electrons. The standard InChI is InChI=1S/C10H14N2O4/c1-4(11)3-12-8(13)5-6(9(12)14)7(5)10(15)16-2/h4-7H,3,11H2,1-2H3. The van der Waals surface area contributed by atoms with Gasteiger partial charge < -0.3 is 10.5 Å². The maximum Gasteiger partial charge on any atom is 0.310 e. The van der Waals surface area contributed by atoms with E-state index in [2.05, 4.69) is 4.74 Å². The zero-order chi connectivity index (χ0) is 12.0. The molecule has 2 rings (SSSR count). The van der Waals surface area contributed by atoms with E-state index in [0.29, 0.717) is 0 Å². The highest BCUT2D eigenvalue weighted by atomic mass is 16.5. The number of esters is 1. The number of carbonyl (C=O) groups excluding carboxylic acids is 3. The molecule has 2 N–H and O–H groups in total. The second-order valence-electron chi connectivity index (χ2n) is 4.36. The van der Waals surface area contributed by atoms with Crippen molar-refractivity contribution in [3.05, 3.63) is 0 Å². The molecule has 0 aromatic carbocycles. The molecule has 2 fully saturated rings. The van der Waals surface area contributed by atoms with Crippen LogP contribution in [0.15, 0.2) is 0 Å². The molecule has 1 saturated carbocycles. The monoisotopic (exact) mass is 226 g/mol. The first-order chi connectivity index (χ1) is 7.49. The topological polar surface area (TPSA) is 89.7 Å². The number of nitrogens with two attached hydrogens (primary N) is 1. The molecule has 1 saturated heterocycles. The Bertz CT molecular complexity index is 344. The number of amides is 2. The van der Waals surface area contributed by atoms with Gasteiger partial charge in [0, 0.05) is 12.6 Å². The molecule has 6 heteroatoms. The van der Waals surface area contributed by atoms with Gasteiger partial charge in [0.1, 0.15) is 0 Å². The minimum atomic E-state index is -0.561. The molecule has 1 heterocycles. The molecule has 1 aliphatic heterocycles. The van der Waals surface area contributed by atoms with Gasteiger partial charge in [0.25, 0.3) is 0 Å².